The predicted octanol–water partition coefficient (Wildman–Crippen LogP) is 4.42. The lowest BCUT2D eigenvalue weighted by molar-refractivity contribution is 0.149. The van der Waals surface area contributed by atoms with E-state index >= 15 is 0 Å². The van der Waals surface area contributed by atoms with Gasteiger partial charge in [-0.3, -0.25) is 0 Å². The van der Waals surface area contributed by atoms with Crippen molar-refractivity contribution in [3.8, 4) is 0 Å². The van der Waals surface area contributed by atoms with Gasteiger partial charge in [-0.25, -0.2) is 8.78 Å². The summed E-state index contributed by atoms with van der Waals surface area (Å²) in [5, 5.41) is 0.766. The fourth-order valence-corrected chi connectivity index (χ4v) is 2.25. The number of benzene rings is 1. The van der Waals surface area contributed by atoms with E-state index < -0.39 is 6.43 Å². The van der Waals surface area contributed by atoms with Crippen molar-refractivity contribution in [2.75, 3.05) is 0 Å². The van der Waals surface area contributed by atoms with Crippen LogP contribution < -0.4 is 0 Å². The maximum atomic E-state index is 12.5. The summed E-state index contributed by atoms with van der Waals surface area (Å²) in [6.07, 6.45) is -1.24. The fourth-order valence-electron chi connectivity index (χ4n) is 1.92. The molecule has 0 spiro atoms. The van der Waals surface area contributed by atoms with Gasteiger partial charge in [0.05, 0.1) is 12.9 Å². The van der Waals surface area contributed by atoms with E-state index in [0.717, 1.165) is 16.5 Å². The van der Waals surface area contributed by atoms with Crippen LogP contribution in [0.5, 0.6) is 0 Å². The van der Waals surface area contributed by atoms with Crippen LogP contribution >= 0.6 is 23.0 Å². The first-order valence-corrected chi connectivity index (χ1v) is 6.01. The van der Waals surface area contributed by atoms with Crippen molar-refractivity contribution >= 4 is 34.0 Å². The molecule has 0 bridgehead atoms. The summed E-state index contributed by atoms with van der Waals surface area (Å²) in [5.41, 5.74) is 3.04. The number of rotatable bonds is 4. The molecule has 2 nitrogen and oxygen atoms in total. The smallest absolute Gasteiger partial charge is 0.242 e. The molecule has 0 radical (unpaired) electrons. The Balaban J connectivity index is 2.57. The van der Waals surface area contributed by atoms with Crippen LogP contribution in [0.25, 0.3) is 11.0 Å². The van der Waals surface area contributed by atoms with E-state index in [1.54, 1.807) is 23.0 Å². The monoisotopic (exact) mass is 352 g/mol. The number of furan rings is 1. The summed E-state index contributed by atoms with van der Waals surface area (Å²) in [6.45, 7) is 2.28. The number of alkyl halides is 2. The van der Waals surface area contributed by atoms with Gasteiger partial charge in [-0.05, 0) is 18.1 Å². The highest BCUT2D eigenvalue weighted by Gasteiger charge is 2.16. The zero-order valence-corrected chi connectivity index (χ0v) is 11.3. The average Bonchev–Trinajstić information content (AvgIpc) is 2.67. The number of halogens is 3. The molecule has 0 atom stereocenters. The van der Waals surface area contributed by atoms with Crippen LogP contribution in [0, 0.1) is 6.92 Å². The fraction of sp³-hybridized carbons (Fsp3) is 0.333. The second-order valence-corrected chi connectivity index (χ2v) is 4.48. The molecule has 1 aromatic heterocycles. The Labute approximate surface area is 112 Å². The molecule has 2 aromatic rings. The quantitative estimate of drug-likeness (QED) is 0.761. The minimum absolute atomic E-state index is 0.287. The number of aryl methyl sites for hydroxylation is 1. The van der Waals surface area contributed by atoms with Crippen molar-refractivity contribution < 1.29 is 16.3 Å². The molecule has 92 valence electrons. The molecule has 0 saturated carbocycles. The van der Waals surface area contributed by atoms with E-state index in [1.165, 1.54) is 6.26 Å². The molecular formula is C12H11F2IO2. The Morgan fingerprint density at radius 1 is 1.35 bits per heavy atom. The van der Waals surface area contributed by atoms with Crippen molar-refractivity contribution in [1.29, 1.82) is 0 Å². The van der Waals surface area contributed by atoms with Gasteiger partial charge in [0.25, 0.3) is 0 Å². The van der Waals surface area contributed by atoms with Crippen molar-refractivity contribution in [2.24, 2.45) is 0 Å². The van der Waals surface area contributed by atoms with Gasteiger partial charge in [0, 0.05) is 17.4 Å². The van der Waals surface area contributed by atoms with Gasteiger partial charge in [0.1, 0.15) is 28.6 Å². The second-order valence-electron chi connectivity index (χ2n) is 3.86. The van der Waals surface area contributed by atoms with Gasteiger partial charge >= 0.3 is 0 Å². The molecule has 0 fully saturated rings. The normalized spacial score (nSPS) is 11.6. The summed E-state index contributed by atoms with van der Waals surface area (Å²) in [7, 11) is 0. The SMILES string of the molecule is Cc1ccc(COI)c2c(CC(F)F)coc12. The molecule has 17 heavy (non-hydrogen) atoms. The minimum Gasteiger partial charge on any atom is -0.464 e. The summed E-state index contributed by atoms with van der Waals surface area (Å²) in [4.78, 5) is 0. The summed E-state index contributed by atoms with van der Waals surface area (Å²) < 4.78 is 35.4. The summed E-state index contributed by atoms with van der Waals surface area (Å²) in [6, 6.07) is 3.80. The average molecular weight is 352 g/mol. The molecule has 1 aromatic carbocycles. The maximum Gasteiger partial charge on any atom is 0.242 e. The lowest BCUT2D eigenvalue weighted by Gasteiger charge is -2.05. The molecule has 0 aliphatic rings. The Kier molecular flexibility index (Phi) is 3.98. The highest BCUT2D eigenvalue weighted by Crippen LogP contribution is 2.30. The first-order valence-electron chi connectivity index (χ1n) is 5.13. The molecule has 0 N–H and O–H groups in total. The lowest BCUT2D eigenvalue weighted by Crippen LogP contribution is -1.97. The molecule has 1 heterocycles. The molecule has 0 unspecified atom stereocenters. The van der Waals surface area contributed by atoms with Crippen LogP contribution in [0.1, 0.15) is 16.7 Å². The standard InChI is InChI=1S/C12H11F2IO2/c1-7-2-3-8(6-17-15)11-9(4-10(13)14)5-16-12(7)11/h2-3,5,10H,4,6H2,1H3. The number of fused-ring (bicyclic) bond motifs is 1. The van der Waals surface area contributed by atoms with Gasteiger partial charge in [-0.1, -0.05) is 12.1 Å². The molecule has 2 rings (SSSR count). The van der Waals surface area contributed by atoms with Gasteiger partial charge in [0.15, 0.2) is 0 Å². The molecule has 0 saturated heterocycles. The van der Waals surface area contributed by atoms with Gasteiger partial charge in [-0.15, -0.1) is 0 Å². The zero-order chi connectivity index (χ0) is 12.4. The van der Waals surface area contributed by atoms with Crippen LogP contribution in [-0.2, 0) is 16.1 Å². The highest BCUT2D eigenvalue weighted by molar-refractivity contribution is 14.1. The van der Waals surface area contributed by atoms with E-state index in [0.29, 0.717) is 17.8 Å². The Bertz CT molecular complexity index is 522. The van der Waals surface area contributed by atoms with Crippen molar-refractivity contribution in [3.63, 3.8) is 0 Å². The first kappa shape index (κ1) is 12.8. The van der Waals surface area contributed by atoms with Crippen LogP contribution in [0.2, 0.25) is 0 Å². The van der Waals surface area contributed by atoms with Crippen molar-refractivity contribution in [2.45, 2.75) is 26.4 Å². The molecule has 5 heteroatoms. The van der Waals surface area contributed by atoms with Gasteiger partial charge in [-0.2, -0.15) is 0 Å². The largest absolute Gasteiger partial charge is 0.464 e. The molecule has 0 aliphatic carbocycles. The van der Waals surface area contributed by atoms with Crippen LogP contribution in [-0.4, -0.2) is 6.43 Å². The number of hydrogen-bond acceptors (Lipinski definition) is 2. The van der Waals surface area contributed by atoms with E-state index in [2.05, 4.69) is 0 Å². The highest BCUT2D eigenvalue weighted by atomic mass is 127. The van der Waals surface area contributed by atoms with Gasteiger partial charge < -0.3 is 7.48 Å². The first-order chi connectivity index (χ1) is 8.13. The van der Waals surface area contributed by atoms with Crippen molar-refractivity contribution in [1.82, 2.24) is 0 Å². The van der Waals surface area contributed by atoms with Gasteiger partial charge in [0.2, 0.25) is 6.43 Å². The zero-order valence-electron chi connectivity index (χ0n) is 9.17. The Morgan fingerprint density at radius 3 is 2.76 bits per heavy atom. The molecule has 0 amide bonds. The third-order valence-corrected chi connectivity index (χ3v) is 2.98. The molecular weight excluding hydrogens is 341 g/mol. The van der Waals surface area contributed by atoms with Crippen LogP contribution in [0.15, 0.2) is 22.8 Å². The topological polar surface area (TPSA) is 22.4 Å². The second kappa shape index (κ2) is 5.30. The third-order valence-electron chi connectivity index (χ3n) is 2.67. The van der Waals surface area contributed by atoms with E-state index in [1.807, 2.05) is 19.1 Å². The van der Waals surface area contributed by atoms with Crippen LogP contribution in [0.4, 0.5) is 8.78 Å². The van der Waals surface area contributed by atoms with Crippen molar-refractivity contribution in [3.05, 3.63) is 35.1 Å². The third kappa shape index (κ3) is 2.60. The minimum atomic E-state index is -2.37. The van der Waals surface area contributed by atoms with Crippen LogP contribution in [0.3, 0.4) is 0 Å². The Morgan fingerprint density at radius 2 is 2.12 bits per heavy atom. The van der Waals surface area contributed by atoms with E-state index in [4.69, 9.17) is 7.48 Å². The predicted molar refractivity (Wildman–Crippen MR) is 69.5 cm³/mol. The lowest BCUT2D eigenvalue weighted by atomic mass is 10.0. The summed E-state index contributed by atoms with van der Waals surface area (Å²) >= 11 is 1.79. The summed E-state index contributed by atoms with van der Waals surface area (Å²) in [5.74, 6) is 0. The van der Waals surface area contributed by atoms with E-state index in [-0.39, 0.29) is 6.42 Å². The Hall–Kier alpha value is -0.690. The number of hydrogen-bond donors (Lipinski definition) is 0. The van der Waals surface area contributed by atoms with E-state index in [9.17, 15) is 8.78 Å². The maximum absolute atomic E-state index is 12.5. The molecule has 0 aliphatic heterocycles.